The lowest BCUT2D eigenvalue weighted by molar-refractivity contribution is 0.475. The molecule has 0 unspecified atom stereocenters. The summed E-state index contributed by atoms with van der Waals surface area (Å²) in [6.45, 7) is 0.780. The number of nitrogens with zero attached hydrogens (tertiary/aromatic N) is 1. The van der Waals surface area contributed by atoms with E-state index < -0.39 is 0 Å². The van der Waals surface area contributed by atoms with E-state index in [9.17, 15) is 0 Å². The predicted octanol–water partition coefficient (Wildman–Crippen LogP) is 3.75. The molecule has 1 aromatic heterocycles. The Hall–Kier alpha value is -2.39. The number of hydrogen-bond donors (Lipinski definition) is 1. The summed E-state index contributed by atoms with van der Waals surface area (Å²) < 4.78 is 5.99. The number of hydrogen-bond acceptors (Lipinski definition) is 3. The monoisotopic (exact) mass is 264 g/mol. The van der Waals surface area contributed by atoms with Gasteiger partial charge in [0.05, 0.1) is 5.52 Å². The summed E-state index contributed by atoms with van der Waals surface area (Å²) >= 11 is 0. The molecule has 0 spiro atoms. The Labute approximate surface area is 118 Å². The van der Waals surface area contributed by atoms with Crippen molar-refractivity contribution in [3.05, 3.63) is 66.4 Å². The third-order valence-corrected chi connectivity index (χ3v) is 3.15. The second-order valence-corrected chi connectivity index (χ2v) is 4.60. The van der Waals surface area contributed by atoms with E-state index in [1.54, 1.807) is 6.20 Å². The van der Waals surface area contributed by atoms with Crippen LogP contribution in [-0.4, -0.2) is 12.0 Å². The van der Waals surface area contributed by atoms with Crippen LogP contribution in [0.5, 0.6) is 11.5 Å². The number of ether oxygens (including phenoxy) is 1. The van der Waals surface area contributed by atoms with Gasteiger partial charge >= 0.3 is 0 Å². The van der Waals surface area contributed by atoms with Crippen LogP contribution < -0.4 is 10.1 Å². The zero-order chi connectivity index (χ0) is 13.8. The molecular weight excluding hydrogens is 248 g/mol. The highest BCUT2D eigenvalue weighted by Gasteiger charge is 2.04. The van der Waals surface area contributed by atoms with Crippen LogP contribution in [0.1, 0.15) is 5.56 Å². The van der Waals surface area contributed by atoms with E-state index in [1.165, 1.54) is 0 Å². The van der Waals surface area contributed by atoms with E-state index in [0.29, 0.717) is 0 Å². The first kappa shape index (κ1) is 12.6. The van der Waals surface area contributed by atoms with Gasteiger partial charge in [-0.2, -0.15) is 0 Å². The maximum absolute atomic E-state index is 5.99. The summed E-state index contributed by atoms with van der Waals surface area (Å²) in [7, 11) is 1.93. The van der Waals surface area contributed by atoms with Gasteiger partial charge in [-0.05, 0) is 31.3 Å². The van der Waals surface area contributed by atoms with Crippen LogP contribution in [0, 0.1) is 0 Å². The van der Waals surface area contributed by atoms with Crippen LogP contribution in [-0.2, 0) is 6.54 Å². The van der Waals surface area contributed by atoms with Crippen LogP contribution in [0.2, 0.25) is 0 Å². The van der Waals surface area contributed by atoms with Gasteiger partial charge in [-0.3, -0.25) is 4.98 Å². The molecule has 0 aliphatic heterocycles. The Morgan fingerprint density at radius 2 is 1.95 bits per heavy atom. The third-order valence-electron chi connectivity index (χ3n) is 3.15. The Morgan fingerprint density at radius 3 is 2.85 bits per heavy atom. The zero-order valence-electron chi connectivity index (χ0n) is 11.3. The van der Waals surface area contributed by atoms with E-state index in [4.69, 9.17) is 4.74 Å². The summed E-state index contributed by atoms with van der Waals surface area (Å²) in [6.07, 6.45) is 1.79. The average molecular weight is 264 g/mol. The molecule has 0 fully saturated rings. The van der Waals surface area contributed by atoms with Crippen molar-refractivity contribution in [1.82, 2.24) is 10.3 Å². The van der Waals surface area contributed by atoms with Crippen LogP contribution in [0.4, 0.5) is 0 Å². The number of fused-ring (bicyclic) bond motifs is 1. The first-order chi connectivity index (χ1) is 9.86. The third kappa shape index (κ3) is 2.63. The summed E-state index contributed by atoms with van der Waals surface area (Å²) in [4.78, 5) is 4.35. The topological polar surface area (TPSA) is 34.1 Å². The molecule has 20 heavy (non-hydrogen) atoms. The summed E-state index contributed by atoms with van der Waals surface area (Å²) in [5.74, 6) is 1.68. The van der Waals surface area contributed by atoms with Crippen LogP contribution in [0.15, 0.2) is 60.8 Å². The van der Waals surface area contributed by atoms with Gasteiger partial charge in [0.15, 0.2) is 0 Å². The molecule has 100 valence electrons. The smallest absolute Gasteiger partial charge is 0.131 e. The number of aromatic nitrogens is 1. The van der Waals surface area contributed by atoms with E-state index in [2.05, 4.69) is 16.4 Å². The number of nitrogens with one attached hydrogen (secondary N) is 1. The lowest BCUT2D eigenvalue weighted by Crippen LogP contribution is -2.06. The lowest BCUT2D eigenvalue weighted by atomic mass is 10.2. The van der Waals surface area contributed by atoms with Gasteiger partial charge in [-0.15, -0.1) is 0 Å². The van der Waals surface area contributed by atoms with Crippen LogP contribution in [0.3, 0.4) is 0 Å². The van der Waals surface area contributed by atoms with Crippen molar-refractivity contribution in [3.8, 4) is 11.5 Å². The summed E-state index contributed by atoms with van der Waals surface area (Å²) in [5, 5.41) is 4.26. The van der Waals surface area contributed by atoms with E-state index in [-0.39, 0.29) is 0 Å². The molecule has 1 heterocycles. The first-order valence-electron chi connectivity index (χ1n) is 6.62. The van der Waals surface area contributed by atoms with Gasteiger partial charge in [0.2, 0.25) is 0 Å². The SMILES string of the molecule is CNCc1ccccc1Oc1ccc2cccnc2c1. The van der Waals surface area contributed by atoms with E-state index in [0.717, 1.165) is 34.5 Å². The fourth-order valence-electron chi connectivity index (χ4n) is 2.18. The molecule has 3 rings (SSSR count). The largest absolute Gasteiger partial charge is 0.457 e. The molecule has 0 saturated heterocycles. The number of pyridine rings is 1. The highest BCUT2D eigenvalue weighted by Crippen LogP contribution is 2.27. The van der Waals surface area contributed by atoms with E-state index >= 15 is 0 Å². The second kappa shape index (κ2) is 5.72. The molecule has 0 radical (unpaired) electrons. The molecule has 1 N–H and O–H groups in total. The molecule has 3 heteroatoms. The fraction of sp³-hybridized carbons (Fsp3) is 0.118. The maximum atomic E-state index is 5.99. The number of rotatable bonds is 4. The molecule has 0 atom stereocenters. The molecule has 3 aromatic rings. The fourth-order valence-corrected chi connectivity index (χ4v) is 2.18. The average Bonchev–Trinajstić information content (AvgIpc) is 2.49. The molecule has 0 aliphatic carbocycles. The Morgan fingerprint density at radius 1 is 1.05 bits per heavy atom. The molecule has 2 aromatic carbocycles. The van der Waals surface area contributed by atoms with Gasteiger partial charge in [-0.25, -0.2) is 0 Å². The van der Waals surface area contributed by atoms with E-state index in [1.807, 2.05) is 55.6 Å². The molecule has 0 saturated carbocycles. The van der Waals surface area contributed by atoms with Crippen molar-refractivity contribution in [2.45, 2.75) is 6.54 Å². The molecule has 0 bridgehead atoms. The quantitative estimate of drug-likeness (QED) is 0.779. The van der Waals surface area contributed by atoms with Gasteiger partial charge in [0.25, 0.3) is 0 Å². The van der Waals surface area contributed by atoms with Crippen LogP contribution in [0.25, 0.3) is 10.9 Å². The molecule has 3 nitrogen and oxygen atoms in total. The Balaban J connectivity index is 1.93. The number of benzene rings is 2. The first-order valence-corrected chi connectivity index (χ1v) is 6.62. The minimum Gasteiger partial charge on any atom is -0.457 e. The normalized spacial score (nSPS) is 10.7. The molecule has 0 aliphatic rings. The lowest BCUT2D eigenvalue weighted by Gasteiger charge is -2.11. The number of para-hydroxylation sites is 1. The van der Waals surface area contributed by atoms with Gasteiger partial charge in [0, 0.05) is 29.8 Å². The van der Waals surface area contributed by atoms with Gasteiger partial charge in [-0.1, -0.05) is 24.3 Å². The van der Waals surface area contributed by atoms with Crippen molar-refractivity contribution < 1.29 is 4.74 Å². The minimum absolute atomic E-state index is 0.780. The Bertz CT molecular complexity index is 725. The highest BCUT2D eigenvalue weighted by atomic mass is 16.5. The molecular formula is C17H16N2O. The predicted molar refractivity (Wildman–Crippen MR) is 81.0 cm³/mol. The van der Waals surface area contributed by atoms with Crippen LogP contribution >= 0.6 is 0 Å². The van der Waals surface area contributed by atoms with Crippen molar-refractivity contribution in [1.29, 1.82) is 0 Å². The van der Waals surface area contributed by atoms with Crippen molar-refractivity contribution in [3.63, 3.8) is 0 Å². The highest BCUT2D eigenvalue weighted by molar-refractivity contribution is 5.79. The second-order valence-electron chi connectivity index (χ2n) is 4.60. The van der Waals surface area contributed by atoms with Crippen molar-refractivity contribution in [2.24, 2.45) is 0 Å². The summed E-state index contributed by atoms with van der Waals surface area (Å²) in [5.41, 5.74) is 2.08. The van der Waals surface area contributed by atoms with Gasteiger partial charge < -0.3 is 10.1 Å². The molecule has 0 amide bonds. The van der Waals surface area contributed by atoms with Crippen molar-refractivity contribution >= 4 is 10.9 Å². The van der Waals surface area contributed by atoms with Gasteiger partial charge in [0.1, 0.15) is 11.5 Å². The standard InChI is InChI=1S/C17H16N2O/c1-18-12-14-5-2-3-7-17(14)20-15-9-8-13-6-4-10-19-16(13)11-15/h2-11,18H,12H2,1H3. The van der Waals surface area contributed by atoms with Crippen molar-refractivity contribution in [2.75, 3.05) is 7.05 Å². The zero-order valence-corrected chi connectivity index (χ0v) is 11.3. The minimum atomic E-state index is 0.780. The Kier molecular flexibility index (Phi) is 3.61. The summed E-state index contributed by atoms with van der Waals surface area (Å²) in [6, 6.07) is 18.0. The maximum Gasteiger partial charge on any atom is 0.131 e.